The highest BCUT2D eigenvalue weighted by Gasteiger charge is 2.15. The molecular formula is C10H20O3. The summed E-state index contributed by atoms with van der Waals surface area (Å²) in [6.45, 7) is 2.25. The zero-order valence-electron chi connectivity index (χ0n) is 8.37. The molecule has 0 radical (unpaired) electrons. The molecule has 0 aliphatic carbocycles. The molecule has 1 atom stereocenters. The number of aliphatic hydroxyl groups is 1. The molecular weight excluding hydrogens is 168 g/mol. The minimum Gasteiger partial charge on any atom is -0.391 e. The van der Waals surface area contributed by atoms with E-state index in [-0.39, 0.29) is 6.10 Å². The molecule has 3 nitrogen and oxygen atoms in total. The smallest absolute Gasteiger partial charge is 0.0773 e. The van der Waals surface area contributed by atoms with Crippen molar-refractivity contribution in [2.75, 3.05) is 26.9 Å². The Bertz CT molecular complexity index is 121. The maximum atomic E-state index is 9.42. The van der Waals surface area contributed by atoms with Gasteiger partial charge in [-0.15, -0.1) is 0 Å². The Kier molecular flexibility index (Phi) is 5.35. The molecule has 0 amide bonds. The van der Waals surface area contributed by atoms with Crippen molar-refractivity contribution in [2.45, 2.75) is 31.8 Å². The van der Waals surface area contributed by atoms with Crippen LogP contribution in [-0.4, -0.2) is 38.1 Å². The first kappa shape index (κ1) is 11.0. The summed E-state index contributed by atoms with van der Waals surface area (Å²) >= 11 is 0. The van der Waals surface area contributed by atoms with Crippen molar-refractivity contribution < 1.29 is 14.6 Å². The topological polar surface area (TPSA) is 38.7 Å². The number of methoxy groups -OCH3 is 1. The summed E-state index contributed by atoms with van der Waals surface area (Å²) in [6.07, 6.45) is 3.99. The fraction of sp³-hybridized carbons (Fsp3) is 1.00. The van der Waals surface area contributed by atoms with E-state index in [2.05, 4.69) is 0 Å². The van der Waals surface area contributed by atoms with Crippen LogP contribution >= 0.6 is 0 Å². The minimum atomic E-state index is -0.284. The highest BCUT2D eigenvalue weighted by Crippen LogP contribution is 2.20. The highest BCUT2D eigenvalue weighted by atomic mass is 16.5. The average molecular weight is 188 g/mol. The van der Waals surface area contributed by atoms with Gasteiger partial charge in [-0.05, 0) is 31.6 Å². The van der Waals surface area contributed by atoms with Crippen molar-refractivity contribution in [3.05, 3.63) is 0 Å². The summed E-state index contributed by atoms with van der Waals surface area (Å²) in [5.74, 6) is 0.750. The second-order valence-electron chi connectivity index (χ2n) is 3.74. The molecule has 0 spiro atoms. The average Bonchev–Trinajstić information content (AvgIpc) is 2.17. The van der Waals surface area contributed by atoms with Gasteiger partial charge in [0.1, 0.15) is 0 Å². The molecule has 0 aromatic rings. The monoisotopic (exact) mass is 188 g/mol. The SMILES string of the molecule is COCC(O)CCC1CCOCC1. The Balaban J connectivity index is 2.03. The lowest BCUT2D eigenvalue weighted by Crippen LogP contribution is -2.19. The second kappa shape index (κ2) is 6.35. The van der Waals surface area contributed by atoms with Gasteiger partial charge >= 0.3 is 0 Å². The third-order valence-corrected chi connectivity index (χ3v) is 2.61. The first-order valence-electron chi connectivity index (χ1n) is 5.07. The zero-order chi connectivity index (χ0) is 9.52. The third kappa shape index (κ3) is 4.60. The maximum Gasteiger partial charge on any atom is 0.0773 e. The van der Waals surface area contributed by atoms with Crippen LogP contribution in [0, 0.1) is 5.92 Å². The standard InChI is InChI=1S/C10H20O3/c1-12-8-10(11)3-2-9-4-6-13-7-5-9/h9-11H,2-8H2,1H3. The quantitative estimate of drug-likeness (QED) is 0.704. The van der Waals surface area contributed by atoms with E-state index in [1.165, 1.54) is 0 Å². The number of aliphatic hydroxyl groups excluding tert-OH is 1. The molecule has 78 valence electrons. The summed E-state index contributed by atoms with van der Waals surface area (Å²) in [7, 11) is 1.62. The molecule has 3 heteroatoms. The van der Waals surface area contributed by atoms with Gasteiger partial charge in [0.15, 0.2) is 0 Å². The first-order valence-corrected chi connectivity index (χ1v) is 5.07. The van der Waals surface area contributed by atoms with E-state index >= 15 is 0 Å². The third-order valence-electron chi connectivity index (χ3n) is 2.61. The minimum absolute atomic E-state index is 0.284. The molecule has 1 saturated heterocycles. The lowest BCUT2D eigenvalue weighted by atomic mass is 9.94. The van der Waals surface area contributed by atoms with Crippen LogP contribution in [0.1, 0.15) is 25.7 Å². The Morgan fingerprint density at radius 1 is 1.46 bits per heavy atom. The van der Waals surface area contributed by atoms with Crippen molar-refractivity contribution >= 4 is 0 Å². The lowest BCUT2D eigenvalue weighted by Gasteiger charge is -2.22. The van der Waals surface area contributed by atoms with Crippen molar-refractivity contribution in [1.29, 1.82) is 0 Å². The fourth-order valence-corrected chi connectivity index (χ4v) is 1.74. The summed E-state index contributed by atoms with van der Waals surface area (Å²) in [5, 5.41) is 9.42. The molecule has 1 unspecified atom stereocenters. The van der Waals surface area contributed by atoms with Gasteiger partial charge in [-0.3, -0.25) is 0 Å². The second-order valence-corrected chi connectivity index (χ2v) is 3.74. The predicted octanol–water partition coefficient (Wildman–Crippen LogP) is 1.20. The zero-order valence-corrected chi connectivity index (χ0v) is 8.37. The molecule has 1 aliphatic heterocycles. The van der Waals surface area contributed by atoms with Crippen molar-refractivity contribution in [2.24, 2.45) is 5.92 Å². The van der Waals surface area contributed by atoms with Crippen molar-refractivity contribution in [3.8, 4) is 0 Å². The van der Waals surface area contributed by atoms with Gasteiger partial charge in [0.05, 0.1) is 12.7 Å². The van der Waals surface area contributed by atoms with Gasteiger partial charge in [0.25, 0.3) is 0 Å². The number of hydrogen-bond donors (Lipinski definition) is 1. The van der Waals surface area contributed by atoms with Crippen LogP contribution in [0.15, 0.2) is 0 Å². The predicted molar refractivity (Wildman–Crippen MR) is 50.7 cm³/mol. The number of hydrogen-bond acceptors (Lipinski definition) is 3. The molecule has 13 heavy (non-hydrogen) atoms. The molecule has 0 saturated carbocycles. The Labute approximate surface area is 80.0 Å². The van der Waals surface area contributed by atoms with Gasteiger partial charge in [-0.1, -0.05) is 0 Å². The van der Waals surface area contributed by atoms with E-state index in [0.29, 0.717) is 6.61 Å². The van der Waals surface area contributed by atoms with E-state index in [9.17, 15) is 5.11 Å². The van der Waals surface area contributed by atoms with Crippen LogP contribution in [0.5, 0.6) is 0 Å². The Morgan fingerprint density at radius 2 is 2.15 bits per heavy atom. The van der Waals surface area contributed by atoms with E-state index in [1.807, 2.05) is 0 Å². The van der Waals surface area contributed by atoms with Crippen molar-refractivity contribution in [1.82, 2.24) is 0 Å². The summed E-state index contributed by atoms with van der Waals surface area (Å²) in [6, 6.07) is 0. The molecule has 1 N–H and O–H groups in total. The van der Waals surface area contributed by atoms with E-state index in [1.54, 1.807) is 7.11 Å². The van der Waals surface area contributed by atoms with Crippen LogP contribution in [0.2, 0.25) is 0 Å². The van der Waals surface area contributed by atoms with Gasteiger partial charge in [0, 0.05) is 20.3 Å². The molecule has 0 bridgehead atoms. The maximum absolute atomic E-state index is 9.42. The highest BCUT2D eigenvalue weighted by molar-refractivity contribution is 4.65. The Hall–Kier alpha value is -0.120. The molecule has 1 fully saturated rings. The normalized spacial score (nSPS) is 21.7. The fourth-order valence-electron chi connectivity index (χ4n) is 1.74. The molecule has 1 aliphatic rings. The number of ether oxygens (including phenoxy) is 2. The number of rotatable bonds is 5. The van der Waals surface area contributed by atoms with E-state index in [4.69, 9.17) is 9.47 Å². The van der Waals surface area contributed by atoms with Crippen LogP contribution in [0.25, 0.3) is 0 Å². The van der Waals surface area contributed by atoms with Gasteiger partial charge < -0.3 is 14.6 Å². The van der Waals surface area contributed by atoms with Crippen LogP contribution in [-0.2, 0) is 9.47 Å². The lowest BCUT2D eigenvalue weighted by molar-refractivity contribution is 0.0374. The van der Waals surface area contributed by atoms with Gasteiger partial charge in [-0.2, -0.15) is 0 Å². The first-order chi connectivity index (χ1) is 6.33. The van der Waals surface area contributed by atoms with Crippen LogP contribution in [0.3, 0.4) is 0 Å². The van der Waals surface area contributed by atoms with E-state index in [0.717, 1.165) is 44.8 Å². The van der Waals surface area contributed by atoms with Crippen LogP contribution in [0.4, 0.5) is 0 Å². The van der Waals surface area contributed by atoms with E-state index < -0.39 is 0 Å². The molecule has 1 rings (SSSR count). The largest absolute Gasteiger partial charge is 0.391 e. The van der Waals surface area contributed by atoms with Gasteiger partial charge in [0.2, 0.25) is 0 Å². The summed E-state index contributed by atoms with van der Waals surface area (Å²) < 4.78 is 10.1. The molecule has 0 aromatic carbocycles. The summed E-state index contributed by atoms with van der Waals surface area (Å²) in [4.78, 5) is 0. The van der Waals surface area contributed by atoms with Gasteiger partial charge in [-0.25, -0.2) is 0 Å². The Morgan fingerprint density at radius 3 is 2.77 bits per heavy atom. The van der Waals surface area contributed by atoms with Crippen molar-refractivity contribution in [3.63, 3.8) is 0 Å². The van der Waals surface area contributed by atoms with Crippen LogP contribution < -0.4 is 0 Å². The molecule has 1 heterocycles. The molecule has 0 aromatic heterocycles. The summed E-state index contributed by atoms with van der Waals surface area (Å²) in [5.41, 5.74) is 0.